The number of thioether (sulfide) groups is 1. The van der Waals surface area contributed by atoms with Crippen molar-refractivity contribution in [1.82, 2.24) is 25.4 Å². The number of aromatic nitrogens is 5. The molecule has 0 spiro atoms. The van der Waals surface area contributed by atoms with Gasteiger partial charge in [-0.3, -0.25) is 4.98 Å². The highest BCUT2D eigenvalue weighted by Gasteiger charge is 2.17. The summed E-state index contributed by atoms with van der Waals surface area (Å²) < 4.78 is 34.1. The zero-order valence-corrected chi connectivity index (χ0v) is 20.4. The Balaban J connectivity index is 1.27. The Morgan fingerprint density at radius 3 is 2.09 bits per heavy atom. The average molecular weight is 506 g/mol. The molecule has 176 valence electrons. The van der Waals surface area contributed by atoms with Crippen LogP contribution >= 0.6 is 11.8 Å². The first-order valence-electron chi connectivity index (χ1n) is 10.5. The Morgan fingerprint density at radius 1 is 0.771 bits per heavy atom. The molecule has 0 aliphatic heterocycles. The van der Waals surface area contributed by atoms with E-state index in [0.717, 1.165) is 28.6 Å². The van der Waals surface area contributed by atoms with Gasteiger partial charge in [0.1, 0.15) is 0 Å². The van der Waals surface area contributed by atoms with Gasteiger partial charge in [-0.2, -0.15) is 0 Å². The van der Waals surface area contributed by atoms with Crippen molar-refractivity contribution in [2.24, 2.45) is 0 Å². The molecule has 0 saturated heterocycles. The second-order valence-electron chi connectivity index (χ2n) is 7.79. The summed E-state index contributed by atoms with van der Waals surface area (Å²) in [4.78, 5) is 4.44. The molecule has 11 heteroatoms. The predicted molar refractivity (Wildman–Crippen MR) is 130 cm³/mol. The molecule has 0 radical (unpaired) electrons. The first-order chi connectivity index (χ1) is 16.8. The summed E-state index contributed by atoms with van der Waals surface area (Å²) in [7, 11) is -3.55. The Labute approximate surface area is 205 Å². The van der Waals surface area contributed by atoms with Crippen LogP contribution in [0.25, 0.3) is 34.0 Å². The van der Waals surface area contributed by atoms with Crippen molar-refractivity contribution in [3.8, 4) is 34.0 Å². The number of aryl methyl sites for hydroxylation is 1. The van der Waals surface area contributed by atoms with Gasteiger partial charge in [0.25, 0.3) is 5.22 Å². The van der Waals surface area contributed by atoms with E-state index in [4.69, 9.17) is 8.83 Å². The molecule has 0 aliphatic rings. The molecule has 0 unspecified atom stereocenters. The van der Waals surface area contributed by atoms with Crippen molar-refractivity contribution in [3.63, 3.8) is 0 Å². The van der Waals surface area contributed by atoms with Crippen LogP contribution in [0.2, 0.25) is 0 Å². The fourth-order valence-electron chi connectivity index (χ4n) is 3.23. The second-order valence-corrected chi connectivity index (χ2v) is 10.6. The summed E-state index contributed by atoms with van der Waals surface area (Å²) >= 11 is 1.42. The minimum Gasteiger partial charge on any atom is -0.411 e. The first kappa shape index (κ1) is 22.9. The van der Waals surface area contributed by atoms with Gasteiger partial charge in [0, 0.05) is 29.3 Å². The number of sulfone groups is 1. The molecule has 0 N–H and O–H groups in total. The fraction of sp³-hybridized carbons (Fsp3) is 0.125. The van der Waals surface area contributed by atoms with E-state index in [-0.39, 0.29) is 5.89 Å². The Hall–Kier alpha value is -3.83. The maximum atomic E-state index is 11.6. The lowest BCUT2D eigenvalue weighted by molar-refractivity contribution is 0.442. The maximum absolute atomic E-state index is 11.6. The van der Waals surface area contributed by atoms with Crippen LogP contribution in [-0.4, -0.2) is 40.1 Å². The van der Waals surface area contributed by atoms with Crippen molar-refractivity contribution < 1.29 is 17.3 Å². The Kier molecular flexibility index (Phi) is 6.18. The van der Waals surface area contributed by atoms with E-state index >= 15 is 0 Å². The minimum absolute atomic E-state index is 0.147. The topological polar surface area (TPSA) is 125 Å². The summed E-state index contributed by atoms with van der Waals surface area (Å²) in [5, 5.41) is 15.7. The minimum atomic E-state index is -3.55. The molecule has 0 amide bonds. The van der Waals surface area contributed by atoms with E-state index in [2.05, 4.69) is 25.4 Å². The largest absolute Gasteiger partial charge is 0.411 e. The maximum Gasteiger partial charge on any atom is 0.335 e. The Bertz CT molecular complexity index is 1580. The average Bonchev–Trinajstić information content (AvgIpc) is 3.54. The van der Waals surface area contributed by atoms with Gasteiger partial charge < -0.3 is 8.83 Å². The van der Waals surface area contributed by atoms with E-state index in [1.165, 1.54) is 17.3 Å². The van der Waals surface area contributed by atoms with E-state index in [1.54, 1.807) is 18.3 Å². The number of hydrogen-bond acceptors (Lipinski definition) is 10. The highest BCUT2D eigenvalue weighted by molar-refractivity contribution is 7.98. The number of nitrogens with zero attached hydrogens (tertiary/aromatic N) is 5. The molecule has 3 heterocycles. The zero-order chi connectivity index (χ0) is 24.4. The molecule has 3 aromatic heterocycles. The number of hydrogen-bond donors (Lipinski definition) is 0. The molecule has 0 atom stereocenters. The molecule has 9 nitrogen and oxygen atoms in total. The van der Waals surface area contributed by atoms with Crippen LogP contribution in [0.1, 0.15) is 11.3 Å². The SMILES string of the molecule is Cc1ccc(-c2nnc(SCc3cc(-c4ccc(-c5nnc(S(C)(=O)=O)o5)cc4)ccn3)o2)cc1. The molecular weight excluding hydrogens is 486 g/mol. The normalized spacial score (nSPS) is 11.6. The molecule has 0 saturated carbocycles. The standard InChI is InChI=1S/C24H19N5O4S2/c1-15-3-5-17(6-4-15)21-26-28-23(32-21)34-14-20-13-19(11-12-25-20)16-7-9-18(10-8-16)22-27-29-24(33-22)35(2,30)31/h3-13H,14H2,1-2H3. The second kappa shape index (κ2) is 9.43. The van der Waals surface area contributed by atoms with E-state index < -0.39 is 15.1 Å². The molecule has 0 bridgehead atoms. The lowest BCUT2D eigenvalue weighted by Crippen LogP contribution is -1.96. The van der Waals surface area contributed by atoms with Crippen LogP contribution in [0.3, 0.4) is 0 Å². The molecular formula is C24H19N5O4S2. The molecule has 2 aromatic carbocycles. The van der Waals surface area contributed by atoms with Crippen molar-refractivity contribution in [2.75, 3.05) is 6.26 Å². The zero-order valence-electron chi connectivity index (χ0n) is 18.7. The summed E-state index contributed by atoms with van der Waals surface area (Å²) in [6.07, 6.45) is 2.77. The van der Waals surface area contributed by atoms with Crippen molar-refractivity contribution in [1.29, 1.82) is 0 Å². The van der Waals surface area contributed by atoms with Crippen LogP contribution in [0.4, 0.5) is 0 Å². The van der Waals surface area contributed by atoms with Crippen molar-refractivity contribution >= 4 is 21.6 Å². The van der Waals surface area contributed by atoms with Crippen LogP contribution in [0.15, 0.2) is 86.1 Å². The summed E-state index contributed by atoms with van der Waals surface area (Å²) in [6, 6.07) is 19.2. The van der Waals surface area contributed by atoms with Crippen LogP contribution in [0.5, 0.6) is 0 Å². The summed E-state index contributed by atoms with van der Waals surface area (Å²) in [6.45, 7) is 2.03. The number of pyridine rings is 1. The van der Waals surface area contributed by atoms with Gasteiger partial charge in [-0.15, -0.1) is 15.3 Å². The molecule has 5 aromatic rings. The van der Waals surface area contributed by atoms with Crippen LogP contribution in [0, 0.1) is 6.92 Å². The molecule has 35 heavy (non-hydrogen) atoms. The lowest BCUT2D eigenvalue weighted by Gasteiger charge is -2.05. The van der Waals surface area contributed by atoms with Gasteiger partial charge in [0.2, 0.25) is 21.6 Å². The number of rotatable bonds is 7. The quantitative estimate of drug-likeness (QED) is 0.283. The third-order valence-corrected chi connectivity index (χ3v) is 6.71. The summed E-state index contributed by atoms with van der Waals surface area (Å²) in [5.74, 6) is 1.20. The van der Waals surface area contributed by atoms with Crippen molar-refractivity contribution in [3.05, 3.63) is 78.1 Å². The molecule has 5 rings (SSSR count). The Morgan fingerprint density at radius 2 is 1.40 bits per heavy atom. The highest BCUT2D eigenvalue weighted by Crippen LogP contribution is 2.28. The fourth-order valence-corrected chi connectivity index (χ4v) is 4.32. The van der Waals surface area contributed by atoms with E-state index in [1.807, 2.05) is 55.5 Å². The van der Waals surface area contributed by atoms with Crippen LogP contribution < -0.4 is 0 Å². The van der Waals surface area contributed by atoms with E-state index in [9.17, 15) is 8.42 Å². The van der Waals surface area contributed by atoms with Gasteiger partial charge >= 0.3 is 5.22 Å². The van der Waals surface area contributed by atoms with Crippen molar-refractivity contribution in [2.45, 2.75) is 23.1 Å². The third-order valence-electron chi connectivity index (χ3n) is 5.05. The van der Waals surface area contributed by atoms with Gasteiger partial charge in [0.05, 0.1) is 5.69 Å². The predicted octanol–water partition coefficient (Wildman–Crippen LogP) is 4.85. The van der Waals surface area contributed by atoms with Gasteiger partial charge in [-0.1, -0.05) is 46.7 Å². The summed E-state index contributed by atoms with van der Waals surface area (Å²) in [5.41, 5.74) is 5.48. The monoisotopic (exact) mass is 505 g/mol. The third kappa shape index (κ3) is 5.31. The molecule has 0 fully saturated rings. The number of benzene rings is 2. The van der Waals surface area contributed by atoms with Gasteiger partial charge in [-0.25, -0.2) is 8.42 Å². The van der Waals surface area contributed by atoms with Crippen LogP contribution in [-0.2, 0) is 15.6 Å². The lowest BCUT2D eigenvalue weighted by atomic mass is 10.0. The first-order valence-corrected chi connectivity index (χ1v) is 13.4. The molecule has 0 aliphatic carbocycles. The van der Waals surface area contributed by atoms with Gasteiger partial charge in [0.15, 0.2) is 0 Å². The highest BCUT2D eigenvalue weighted by atomic mass is 32.2. The van der Waals surface area contributed by atoms with Gasteiger partial charge in [-0.05, 0) is 54.4 Å². The smallest absolute Gasteiger partial charge is 0.335 e. The van der Waals surface area contributed by atoms with E-state index in [0.29, 0.717) is 22.4 Å².